The van der Waals surface area contributed by atoms with E-state index in [2.05, 4.69) is 16.6 Å². The first kappa shape index (κ1) is 13.5. The Morgan fingerprint density at radius 1 is 1.60 bits per heavy atom. The minimum Gasteiger partial charge on any atom is -0.480 e. The van der Waals surface area contributed by atoms with Crippen LogP contribution in [0.15, 0.2) is 12.7 Å². The Bertz CT molecular complexity index is 262. The molecule has 15 heavy (non-hydrogen) atoms. The third-order valence-corrected chi connectivity index (χ3v) is 2.29. The number of hydrogen-bond acceptors (Lipinski definition) is 3. The van der Waals surface area contributed by atoms with E-state index in [0.29, 0.717) is 0 Å². The molecule has 0 aliphatic heterocycles. The summed E-state index contributed by atoms with van der Waals surface area (Å²) >= 11 is 0. The van der Waals surface area contributed by atoms with Crippen molar-refractivity contribution in [2.45, 2.75) is 26.3 Å². The van der Waals surface area contributed by atoms with E-state index in [9.17, 15) is 9.59 Å². The van der Waals surface area contributed by atoms with E-state index in [-0.39, 0.29) is 12.5 Å². The molecule has 1 atom stereocenters. The topological polar surface area (TPSA) is 75.6 Å². The zero-order valence-corrected chi connectivity index (χ0v) is 9.24. The molecule has 0 saturated carbocycles. The second-order valence-electron chi connectivity index (χ2n) is 3.67. The van der Waals surface area contributed by atoms with Crippen LogP contribution in [0.2, 0.25) is 0 Å². The van der Waals surface area contributed by atoms with Gasteiger partial charge >= 0.3 is 12.1 Å². The largest absolute Gasteiger partial charge is 0.480 e. The van der Waals surface area contributed by atoms with Crippen LogP contribution in [-0.2, 0) is 9.53 Å². The molecule has 86 valence electrons. The summed E-state index contributed by atoms with van der Waals surface area (Å²) in [7, 11) is 0. The van der Waals surface area contributed by atoms with Gasteiger partial charge in [-0.3, -0.25) is 0 Å². The number of carbonyl (C=O) groups is 2. The van der Waals surface area contributed by atoms with Gasteiger partial charge in [0, 0.05) is 0 Å². The van der Waals surface area contributed by atoms with Crippen LogP contribution in [0.3, 0.4) is 0 Å². The predicted molar refractivity (Wildman–Crippen MR) is 55.6 cm³/mol. The van der Waals surface area contributed by atoms with Crippen LogP contribution in [0.4, 0.5) is 4.79 Å². The Morgan fingerprint density at radius 2 is 2.13 bits per heavy atom. The Labute approximate surface area is 89.1 Å². The van der Waals surface area contributed by atoms with Crippen molar-refractivity contribution in [1.29, 1.82) is 0 Å². The summed E-state index contributed by atoms with van der Waals surface area (Å²) in [5.41, 5.74) is -1.32. The second kappa shape index (κ2) is 5.38. The molecule has 2 N–H and O–H groups in total. The van der Waals surface area contributed by atoms with E-state index >= 15 is 0 Å². The summed E-state index contributed by atoms with van der Waals surface area (Å²) in [5.74, 6) is -1.33. The van der Waals surface area contributed by atoms with Gasteiger partial charge in [0.05, 0.1) is 0 Å². The van der Waals surface area contributed by atoms with E-state index < -0.39 is 17.6 Å². The minimum absolute atomic E-state index is 0.0552. The highest BCUT2D eigenvalue weighted by atomic mass is 16.5. The van der Waals surface area contributed by atoms with Gasteiger partial charge in [-0.05, 0) is 12.8 Å². The average Bonchev–Trinajstić information content (AvgIpc) is 2.13. The summed E-state index contributed by atoms with van der Waals surface area (Å²) in [4.78, 5) is 22.2. The number of rotatable bonds is 5. The molecule has 0 radical (unpaired) electrons. The highest BCUT2D eigenvalue weighted by Crippen LogP contribution is 2.16. The minimum atomic E-state index is -1.32. The normalized spacial score (nSPS) is 14.1. The fourth-order valence-electron chi connectivity index (χ4n) is 0.827. The number of hydrogen-bond donors (Lipinski definition) is 2. The van der Waals surface area contributed by atoms with Gasteiger partial charge in [0.15, 0.2) is 0 Å². The first-order valence-corrected chi connectivity index (χ1v) is 4.63. The molecule has 0 aliphatic carbocycles. The Hall–Kier alpha value is -1.52. The maximum Gasteiger partial charge on any atom is 0.408 e. The summed E-state index contributed by atoms with van der Waals surface area (Å²) in [6.07, 6.45) is 0.654. The fourth-order valence-corrected chi connectivity index (χ4v) is 0.827. The van der Waals surface area contributed by atoms with E-state index in [1.165, 1.54) is 13.0 Å². The second-order valence-corrected chi connectivity index (χ2v) is 3.67. The molecule has 0 heterocycles. The van der Waals surface area contributed by atoms with Gasteiger partial charge in [0.1, 0.15) is 12.1 Å². The molecule has 0 aromatic rings. The molecule has 5 nitrogen and oxygen atoms in total. The van der Waals surface area contributed by atoms with Crippen LogP contribution >= 0.6 is 0 Å². The first-order valence-electron chi connectivity index (χ1n) is 4.63. The maximum atomic E-state index is 11.2. The van der Waals surface area contributed by atoms with Gasteiger partial charge in [0.2, 0.25) is 0 Å². The van der Waals surface area contributed by atoms with Gasteiger partial charge in [-0.15, -0.1) is 0 Å². The van der Waals surface area contributed by atoms with Gasteiger partial charge in [-0.25, -0.2) is 9.59 Å². The van der Waals surface area contributed by atoms with Gasteiger partial charge in [-0.2, -0.15) is 0 Å². The number of alkyl carbamates (subject to hydrolysis) is 1. The highest BCUT2D eigenvalue weighted by molar-refractivity contribution is 5.84. The van der Waals surface area contributed by atoms with Crippen molar-refractivity contribution < 1.29 is 19.4 Å². The van der Waals surface area contributed by atoms with Crippen LogP contribution in [0.5, 0.6) is 0 Å². The monoisotopic (exact) mass is 215 g/mol. The first-order chi connectivity index (χ1) is 6.84. The lowest BCUT2D eigenvalue weighted by molar-refractivity contribution is -0.145. The Kier molecular flexibility index (Phi) is 4.84. The van der Waals surface area contributed by atoms with Crippen LogP contribution < -0.4 is 5.32 Å². The smallest absolute Gasteiger partial charge is 0.408 e. The molecule has 1 amide bonds. The number of nitrogens with one attached hydrogen (secondary N) is 1. The number of carboxylic acid groups (broad SMARTS) is 1. The summed E-state index contributed by atoms with van der Waals surface area (Å²) < 4.78 is 4.66. The molecule has 1 unspecified atom stereocenters. The van der Waals surface area contributed by atoms with Crippen molar-refractivity contribution >= 4 is 12.1 Å². The van der Waals surface area contributed by atoms with E-state index in [1.54, 1.807) is 13.8 Å². The lowest BCUT2D eigenvalue weighted by Crippen LogP contribution is -2.56. The maximum absolute atomic E-state index is 11.2. The molecule has 0 aromatic heterocycles. The molecular weight excluding hydrogens is 198 g/mol. The number of aliphatic carboxylic acids is 1. The van der Waals surface area contributed by atoms with Crippen molar-refractivity contribution in [1.82, 2.24) is 5.32 Å². The molecule has 0 rings (SSSR count). The van der Waals surface area contributed by atoms with Gasteiger partial charge in [0.25, 0.3) is 0 Å². The molecule has 0 spiro atoms. The third kappa shape index (κ3) is 3.61. The Balaban J connectivity index is 4.49. The highest BCUT2D eigenvalue weighted by Gasteiger charge is 2.38. The van der Waals surface area contributed by atoms with Crippen molar-refractivity contribution in [3.05, 3.63) is 12.7 Å². The quantitative estimate of drug-likeness (QED) is 0.680. The lowest BCUT2D eigenvalue weighted by atomic mass is 9.89. The molecule has 0 saturated heterocycles. The van der Waals surface area contributed by atoms with E-state index in [0.717, 1.165) is 0 Å². The molecule has 0 bridgehead atoms. The van der Waals surface area contributed by atoms with Crippen molar-refractivity contribution in [2.75, 3.05) is 6.61 Å². The molecular formula is C10H17NO4. The number of carboxylic acids is 1. The summed E-state index contributed by atoms with van der Waals surface area (Å²) in [5, 5.41) is 11.3. The van der Waals surface area contributed by atoms with Crippen LogP contribution in [-0.4, -0.2) is 29.3 Å². The lowest BCUT2D eigenvalue weighted by Gasteiger charge is -2.29. The van der Waals surface area contributed by atoms with Crippen molar-refractivity contribution in [3.8, 4) is 0 Å². The SMILES string of the molecule is C=CCOC(=O)NC(C)(C(=O)O)C(C)C. The zero-order chi connectivity index (χ0) is 12.1. The third-order valence-electron chi connectivity index (χ3n) is 2.29. The van der Waals surface area contributed by atoms with Crippen LogP contribution in [0.1, 0.15) is 20.8 Å². The average molecular weight is 215 g/mol. The number of amides is 1. The molecule has 0 fully saturated rings. The molecule has 5 heteroatoms. The van der Waals surface area contributed by atoms with Gasteiger partial charge < -0.3 is 15.2 Å². The zero-order valence-electron chi connectivity index (χ0n) is 9.24. The molecule has 0 aliphatic rings. The Morgan fingerprint density at radius 3 is 2.47 bits per heavy atom. The predicted octanol–water partition coefficient (Wildman–Crippen LogP) is 1.40. The molecule has 0 aromatic carbocycles. The summed E-state index contributed by atoms with van der Waals surface area (Å²) in [6, 6.07) is 0. The van der Waals surface area contributed by atoms with Crippen LogP contribution in [0, 0.1) is 5.92 Å². The van der Waals surface area contributed by atoms with E-state index in [4.69, 9.17) is 5.11 Å². The van der Waals surface area contributed by atoms with Crippen molar-refractivity contribution in [3.63, 3.8) is 0 Å². The van der Waals surface area contributed by atoms with Crippen molar-refractivity contribution in [2.24, 2.45) is 5.92 Å². The standard InChI is InChI=1S/C10H17NO4/c1-5-6-15-9(14)11-10(4,7(2)3)8(12)13/h5,7H,1,6H2,2-4H3,(H,11,14)(H,12,13). The van der Waals surface area contributed by atoms with Gasteiger partial charge in [-0.1, -0.05) is 26.5 Å². The van der Waals surface area contributed by atoms with E-state index in [1.807, 2.05) is 0 Å². The number of ether oxygens (including phenoxy) is 1. The number of carbonyl (C=O) groups excluding carboxylic acids is 1. The summed E-state index contributed by atoms with van der Waals surface area (Å²) in [6.45, 7) is 8.29. The fraction of sp³-hybridized carbons (Fsp3) is 0.600. The van der Waals surface area contributed by atoms with Crippen LogP contribution in [0.25, 0.3) is 0 Å².